The predicted molar refractivity (Wildman–Crippen MR) is 109 cm³/mol. The second kappa shape index (κ2) is 18.7. The fourth-order valence-corrected chi connectivity index (χ4v) is 3.20. The van der Waals surface area contributed by atoms with Crippen LogP contribution >= 0.6 is 0 Å². The van der Waals surface area contributed by atoms with Crippen molar-refractivity contribution in [3.05, 3.63) is 0 Å². The van der Waals surface area contributed by atoms with Crippen molar-refractivity contribution in [1.82, 2.24) is 5.32 Å². The Balaban J connectivity index is 3.31. The maximum Gasteiger partial charge on any atom is 0.320 e. The molecule has 1 atom stereocenters. The standard InChI is InChI=1S/C21H39NO6/c23-19(24)14-12-10-8-6-4-2-1-3-5-7-9-11-13-17-22-18(21(27)28)15-16-20(25)26/h18,22H,1-17H2,(H,23,24)(H,25,26)(H,27,28)/t18-/m0/s1. The molecule has 0 aliphatic heterocycles. The second-order valence-corrected chi connectivity index (χ2v) is 7.52. The molecule has 0 aromatic rings. The first-order chi connectivity index (χ1) is 13.4. The van der Waals surface area contributed by atoms with Gasteiger partial charge >= 0.3 is 17.9 Å². The summed E-state index contributed by atoms with van der Waals surface area (Å²) >= 11 is 0. The zero-order chi connectivity index (χ0) is 21.0. The second-order valence-electron chi connectivity index (χ2n) is 7.52. The van der Waals surface area contributed by atoms with Gasteiger partial charge in [0.2, 0.25) is 0 Å². The summed E-state index contributed by atoms with van der Waals surface area (Å²) in [6, 6.07) is -0.770. The van der Waals surface area contributed by atoms with E-state index in [1.807, 2.05) is 0 Å². The van der Waals surface area contributed by atoms with Gasteiger partial charge in [0.25, 0.3) is 0 Å². The largest absolute Gasteiger partial charge is 0.481 e. The average molecular weight is 402 g/mol. The molecule has 0 fully saturated rings. The van der Waals surface area contributed by atoms with Crippen molar-refractivity contribution in [1.29, 1.82) is 0 Å². The number of hydrogen-bond acceptors (Lipinski definition) is 4. The minimum absolute atomic E-state index is 0.118. The number of carbonyl (C=O) groups is 3. The number of nitrogens with one attached hydrogen (secondary N) is 1. The molecule has 0 aliphatic carbocycles. The van der Waals surface area contributed by atoms with Gasteiger partial charge in [-0.3, -0.25) is 14.4 Å². The van der Waals surface area contributed by atoms with Crippen LogP contribution in [-0.2, 0) is 14.4 Å². The summed E-state index contributed by atoms with van der Waals surface area (Å²) in [6.45, 7) is 0.614. The zero-order valence-electron chi connectivity index (χ0n) is 17.2. The Morgan fingerprint density at radius 3 is 1.36 bits per heavy atom. The van der Waals surface area contributed by atoms with Gasteiger partial charge in [0, 0.05) is 12.8 Å². The molecule has 0 saturated carbocycles. The van der Waals surface area contributed by atoms with Gasteiger partial charge < -0.3 is 20.6 Å². The van der Waals surface area contributed by atoms with Crippen LogP contribution in [0.4, 0.5) is 0 Å². The Hall–Kier alpha value is -1.63. The van der Waals surface area contributed by atoms with E-state index in [4.69, 9.17) is 15.3 Å². The Labute approximate surface area is 168 Å². The van der Waals surface area contributed by atoms with Gasteiger partial charge in [0.05, 0.1) is 0 Å². The number of unbranched alkanes of at least 4 members (excludes halogenated alkanes) is 12. The molecule has 0 rings (SSSR count). The maximum atomic E-state index is 11.0. The fourth-order valence-electron chi connectivity index (χ4n) is 3.20. The van der Waals surface area contributed by atoms with E-state index < -0.39 is 23.9 Å². The van der Waals surface area contributed by atoms with Crippen molar-refractivity contribution >= 4 is 17.9 Å². The Morgan fingerprint density at radius 1 is 0.571 bits per heavy atom. The van der Waals surface area contributed by atoms with Crippen molar-refractivity contribution in [3.63, 3.8) is 0 Å². The lowest BCUT2D eigenvalue weighted by molar-refractivity contribution is -0.141. The van der Waals surface area contributed by atoms with Crippen molar-refractivity contribution in [3.8, 4) is 0 Å². The minimum atomic E-state index is -0.985. The first kappa shape index (κ1) is 26.4. The van der Waals surface area contributed by atoms with Crippen molar-refractivity contribution in [2.24, 2.45) is 0 Å². The van der Waals surface area contributed by atoms with Gasteiger partial charge in [0.1, 0.15) is 6.04 Å². The Bertz CT molecular complexity index is 427. The summed E-state index contributed by atoms with van der Waals surface area (Å²) < 4.78 is 0. The first-order valence-electron chi connectivity index (χ1n) is 10.8. The first-order valence-corrected chi connectivity index (χ1v) is 10.8. The van der Waals surface area contributed by atoms with Crippen LogP contribution in [0.25, 0.3) is 0 Å². The van der Waals surface area contributed by atoms with Gasteiger partial charge in [0.15, 0.2) is 0 Å². The quantitative estimate of drug-likeness (QED) is 0.210. The molecule has 28 heavy (non-hydrogen) atoms. The summed E-state index contributed by atoms with van der Waals surface area (Å²) in [5.74, 6) is -2.65. The third-order valence-corrected chi connectivity index (χ3v) is 4.90. The Kier molecular flexibility index (Phi) is 17.6. The topological polar surface area (TPSA) is 124 Å². The van der Waals surface area contributed by atoms with Crippen LogP contribution in [0.2, 0.25) is 0 Å². The Morgan fingerprint density at radius 2 is 0.964 bits per heavy atom. The van der Waals surface area contributed by atoms with Crippen LogP contribution < -0.4 is 5.32 Å². The highest BCUT2D eigenvalue weighted by Crippen LogP contribution is 2.13. The van der Waals surface area contributed by atoms with Crippen LogP contribution in [0.5, 0.6) is 0 Å². The highest BCUT2D eigenvalue weighted by molar-refractivity contribution is 5.75. The molecule has 7 nitrogen and oxygen atoms in total. The molecule has 0 aliphatic rings. The molecule has 0 unspecified atom stereocenters. The van der Waals surface area contributed by atoms with E-state index in [0.29, 0.717) is 13.0 Å². The van der Waals surface area contributed by atoms with Crippen molar-refractivity contribution in [2.45, 2.75) is 109 Å². The third kappa shape index (κ3) is 19.1. The summed E-state index contributed by atoms with van der Waals surface area (Å²) in [7, 11) is 0. The van der Waals surface area contributed by atoms with Crippen LogP contribution in [-0.4, -0.2) is 45.8 Å². The predicted octanol–water partition coefficient (Wildman–Crippen LogP) is 4.44. The number of hydrogen-bond donors (Lipinski definition) is 4. The summed E-state index contributed by atoms with van der Waals surface area (Å²) in [4.78, 5) is 31.9. The molecule has 0 radical (unpaired) electrons. The molecule has 0 heterocycles. The van der Waals surface area contributed by atoms with Gasteiger partial charge in [-0.1, -0.05) is 70.6 Å². The highest BCUT2D eigenvalue weighted by Gasteiger charge is 2.17. The average Bonchev–Trinajstić information content (AvgIpc) is 2.62. The van der Waals surface area contributed by atoms with Gasteiger partial charge in [-0.2, -0.15) is 0 Å². The van der Waals surface area contributed by atoms with E-state index >= 15 is 0 Å². The molecule has 0 saturated heterocycles. The van der Waals surface area contributed by atoms with Crippen LogP contribution in [0.15, 0.2) is 0 Å². The van der Waals surface area contributed by atoms with Crippen molar-refractivity contribution < 1.29 is 29.7 Å². The lowest BCUT2D eigenvalue weighted by Crippen LogP contribution is -2.37. The third-order valence-electron chi connectivity index (χ3n) is 4.90. The lowest BCUT2D eigenvalue weighted by Gasteiger charge is -2.13. The van der Waals surface area contributed by atoms with Crippen molar-refractivity contribution in [2.75, 3.05) is 6.54 Å². The number of aliphatic carboxylic acids is 3. The smallest absolute Gasteiger partial charge is 0.320 e. The summed E-state index contributed by atoms with van der Waals surface area (Å²) in [5, 5.41) is 29.2. The fraction of sp³-hybridized carbons (Fsp3) is 0.857. The normalized spacial score (nSPS) is 12.0. The molecule has 164 valence electrons. The molecule has 0 amide bonds. The van der Waals surface area contributed by atoms with E-state index in [1.165, 1.54) is 44.9 Å². The zero-order valence-corrected chi connectivity index (χ0v) is 17.2. The number of carboxylic acid groups (broad SMARTS) is 3. The van der Waals surface area contributed by atoms with E-state index in [1.54, 1.807) is 0 Å². The number of rotatable bonds is 21. The maximum absolute atomic E-state index is 11.0. The lowest BCUT2D eigenvalue weighted by atomic mass is 10.0. The van der Waals surface area contributed by atoms with Crippen LogP contribution in [0, 0.1) is 0 Å². The molecule has 0 spiro atoms. The summed E-state index contributed by atoms with van der Waals surface area (Å²) in [5.41, 5.74) is 0. The van der Waals surface area contributed by atoms with Gasteiger partial charge in [-0.25, -0.2) is 0 Å². The SMILES string of the molecule is O=C(O)CCCCCCCCCCCCCCCN[C@@H](CCC(=O)O)C(=O)O. The van der Waals surface area contributed by atoms with Crippen LogP contribution in [0.1, 0.15) is 103 Å². The molecule has 0 aromatic carbocycles. The van der Waals surface area contributed by atoms with E-state index in [9.17, 15) is 14.4 Å². The molecule has 0 bridgehead atoms. The minimum Gasteiger partial charge on any atom is -0.481 e. The monoisotopic (exact) mass is 401 g/mol. The highest BCUT2D eigenvalue weighted by atomic mass is 16.4. The molecule has 0 aromatic heterocycles. The molecular weight excluding hydrogens is 362 g/mol. The number of carboxylic acids is 3. The molecule has 7 heteroatoms. The van der Waals surface area contributed by atoms with E-state index in [2.05, 4.69) is 5.32 Å². The van der Waals surface area contributed by atoms with E-state index in [0.717, 1.165) is 38.5 Å². The van der Waals surface area contributed by atoms with Gasteiger partial charge in [-0.15, -0.1) is 0 Å². The molecule has 4 N–H and O–H groups in total. The van der Waals surface area contributed by atoms with E-state index in [-0.39, 0.29) is 12.8 Å². The summed E-state index contributed by atoms with van der Waals surface area (Å²) in [6.07, 6.45) is 15.0. The molecular formula is C21H39NO6. The van der Waals surface area contributed by atoms with Gasteiger partial charge in [-0.05, 0) is 25.8 Å². The van der Waals surface area contributed by atoms with Crippen LogP contribution in [0.3, 0.4) is 0 Å².